The summed E-state index contributed by atoms with van der Waals surface area (Å²) in [6, 6.07) is 14.4. The summed E-state index contributed by atoms with van der Waals surface area (Å²) in [5.74, 6) is -1.02. The Bertz CT molecular complexity index is 632. The second-order valence-corrected chi connectivity index (χ2v) is 4.46. The quantitative estimate of drug-likeness (QED) is 0.896. The van der Waals surface area contributed by atoms with Gasteiger partial charge in [-0.2, -0.15) is 0 Å². The van der Waals surface area contributed by atoms with E-state index in [1.807, 2.05) is 30.3 Å². The van der Waals surface area contributed by atoms with E-state index in [0.717, 1.165) is 11.1 Å². The van der Waals surface area contributed by atoms with Gasteiger partial charge in [0.2, 0.25) is 5.91 Å². The zero-order valence-corrected chi connectivity index (χ0v) is 11.1. The summed E-state index contributed by atoms with van der Waals surface area (Å²) in [5, 5.41) is 11.9. The Kier molecular flexibility index (Phi) is 4.15. The third kappa shape index (κ3) is 3.23. The van der Waals surface area contributed by atoms with Crippen molar-refractivity contribution in [3.05, 3.63) is 59.7 Å². The van der Waals surface area contributed by atoms with E-state index in [4.69, 9.17) is 0 Å². The molecule has 0 saturated heterocycles. The summed E-state index contributed by atoms with van der Waals surface area (Å²) in [7, 11) is 0. The highest BCUT2D eigenvalue weighted by atomic mass is 16.4. The molecule has 2 aromatic carbocycles. The molecule has 4 heteroatoms. The predicted molar refractivity (Wildman–Crippen MR) is 76.4 cm³/mol. The van der Waals surface area contributed by atoms with Gasteiger partial charge in [0.1, 0.15) is 0 Å². The molecule has 2 rings (SSSR count). The number of carbonyl (C=O) groups is 2. The molecular formula is C16H15NO3. The van der Waals surface area contributed by atoms with Gasteiger partial charge in [-0.25, -0.2) is 4.79 Å². The number of carboxylic acids is 1. The Balaban J connectivity index is 2.26. The number of aromatic carboxylic acids is 1. The van der Waals surface area contributed by atoms with E-state index >= 15 is 0 Å². The maximum atomic E-state index is 11.2. The van der Waals surface area contributed by atoms with E-state index in [1.165, 1.54) is 6.92 Å². The molecule has 0 aliphatic carbocycles. The molecule has 0 unspecified atom stereocenters. The summed E-state index contributed by atoms with van der Waals surface area (Å²) in [6.07, 6.45) is 0. The van der Waals surface area contributed by atoms with Gasteiger partial charge in [0, 0.05) is 13.5 Å². The molecule has 0 aliphatic heterocycles. The Hall–Kier alpha value is -2.62. The van der Waals surface area contributed by atoms with Crippen molar-refractivity contribution in [2.45, 2.75) is 13.5 Å². The summed E-state index contributed by atoms with van der Waals surface area (Å²) in [5.41, 5.74) is 2.78. The zero-order valence-electron chi connectivity index (χ0n) is 11.1. The van der Waals surface area contributed by atoms with Crippen molar-refractivity contribution in [2.75, 3.05) is 0 Å². The van der Waals surface area contributed by atoms with Gasteiger partial charge in [0.05, 0.1) is 5.56 Å². The maximum Gasteiger partial charge on any atom is 0.336 e. The van der Waals surface area contributed by atoms with Crippen LogP contribution in [0, 0.1) is 0 Å². The first kappa shape index (κ1) is 13.8. The van der Waals surface area contributed by atoms with Crippen LogP contribution >= 0.6 is 0 Å². The molecule has 0 atom stereocenters. The van der Waals surface area contributed by atoms with Gasteiger partial charge >= 0.3 is 5.97 Å². The molecule has 2 N–H and O–H groups in total. The van der Waals surface area contributed by atoms with Crippen molar-refractivity contribution < 1.29 is 14.7 Å². The van der Waals surface area contributed by atoms with Crippen molar-refractivity contribution >= 4 is 11.9 Å². The fourth-order valence-electron chi connectivity index (χ4n) is 1.95. The van der Waals surface area contributed by atoms with Crippen LogP contribution < -0.4 is 5.32 Å². The topological polar surface area (TPSA) is 66.4 Å². The molecule has 0 aliphatic rings. The molecule has 0 aromatic heterocycles. The molecule has 20 heavy (non-hydrogen) atoms. The average molecular weight is 269 g/mol. The van der Waals surface area contributed by atoms with Crippen molar-refractivity contribution in [3.8, 4) is 11.1 Å². The molecular weight excluding hydrogens is 254 g/mol. The van der Waals surface area contributed by atoms with Crippen molar-refractivity contribution in [1.82, 2.24) is 5.32 Å². The van der Waals surface area contributed by atoms with E-state index in [-0.39, 0.29) is 11.5 Å². The lowest BCUT2D eigenvalue weighted by molar-refractivity contribution is -0.119. The molecule has 0 radical (unpaired) electrons. The van der Waals surface area contributed by atoms with Gasteiger partial charge in [-0.15, -0.1) is 0 Å². The largest absolute Gasteiger partial charge is 0.478 e. The Labute approximate surface area is 117 Å². The van der Waals surface area contributed by atoms with Gasteiger partial charge in [0.15, 0.2) is 0 Å². The van der Waals surface area contributed by atoms with E-state index in [1.54, 1.807) is 18.2 Å². The molecule has 0 saturated carbocycles. The normalized spacial score (nSPS) is 10.1. The van der Waals surface area contributed by atoms with Gasteiger partial charge in [-0.1, -0.05) is 42.5 Å². The van der Waals surface area contributed by atoms with Crippen LogP contribution in [0.3, 0.4) is 0 Å². The van der Waals surface area contributed by atoms with Crippen molar-refractivity contribution in [2.24, 2.45) is 0 Å². The number of amides is 1. The first-order valence-electron chi connectivity index (χ1n) is 6.24. The average Bonchev–Trinajstić information content (AvgIpc) is 2.45. The molecule has 0 spiro atoms. The number of benzene rings is 2. The predicted octanol–water partition coefficient (Wildman–Crippen LogP) is 2.69. The van der Waals surface area contributed by atoms with Gasteiger partial charge in [0.25, 0.3) is 0 Å². The molecule has 2 aromatic rings. The molecule has 0 heterocycles. The second kappa shape index (κ2) is 6.02. The number of carboxylic acid groups (broad SMARTS) is 1. The summed E-state index contributed by atoms with van der Waals surface area (Å²) in [4.78, 5) is 22.0. The zero-order chi connectivity index (χ0) is 14.5. The van der Waals surface area contributed by atoms with Crippen molar-refractivity contribution in [1.29, 1.82) is 0 Å². The minimum Gasteiger partial charge on any atom is -0.478 e. The van der Waals surface area contributed by atoms with Crippen LogP contribution in [0.2, 0.25) is 0 Å². The van der Waals surface area contributed by atoms with Crippen LogP contribution in [0.15, 0.2) is 48.5 Å². The summed E-state index contributed by atoms with van der Waals surface area (Å²) < 4.78 is 0. The highest BCUT2D eigenvalue weighted by Crippen LogP contribution is 2.24. The molecule has 4 nitrogen and oxygen atoms in total. The van der Waals surface area contributed by atoms with Gasteiger partial charge in [-0.05, 0) is 22.8 Å². The smallest absolute Gasteiger partial charge is 0.336 e. The number of nitrogens with one attached hydrogen (secondary N) is 1. The van der Waals surface area contributed by atoms with E-state index in [2.05, 4.69) is 5.32 Å². The molecule has 0 fully saturated rings. The number of hydrogen-bond donors (Lipinski definition) is 2. The fourth-order valence-corrected chi connectivity index (χ4v) is 1.95. The summed E-state index contributed by atoms with van der Waals surface area (Å²) in [6.45, 7) is 1.94. The van der Waals surface area contributed by atoms with Crippen molar-refractivity contribution in [3.63, 3.8) is 0 Å². The first-order chi connectivity index (χ1) is 9.58. The highest BCUT2D eigenvalue weighted by Gasteiger charge is 2.10. The minimum atomic E-state index is -0.942. The fraction of sp³-hybridized carbons (Fsp3) is 0.125. The molecule has 1 amide bonds. The van der Waals surface area contributed by atoms with Gasteiger partial charge < -0.3 is 10.4 Å². The SMILES string of the molecule is CC(=O)NCc1ccc(-c2ccccc2C(=O)O)cc1. The molecule has 102 valence electrons. The third-order valence-electron chi connectivity index (χ3n) is 2.96. The monoisotopic (exact) mass is 269 g/mol. The number of rotatable bonds is 4. The first-order valence-corrected chi connectivity index (χ1v) is 6.24. The lowest BCUT2D eigenvalue weighted by atomic mass is 9.99. The lowest BCUT2D eigenvalue weighted by Gasteiger charge is -2.08. The number of carbonyl (C=O) groups excluding carboxylic acids is 1. The molecule has 0 bridgehead atoms. The lowest BCUT2D eigenvalue weighted by Crippen LogP contribution is -2.18. The third-order valence-corrected chi connectivity index (χ3v) is 2.96. The van der Waals surface area contributed by atoms with Crippen LogP contribution in [0.5, 0.6) is 0 Å². The van der Waals surface area contributed by atoms with Crippen LogP contribution in [-0.4, -0.2) is 17.0 Å². The van der Waals surface area contributed by atoms with Crippen LogP contribution in [0.4, 0.5) is 0 Å². The Morgan fingerprint density at radius 1 is 1.05 bits per heavy atom. The van der Waals surface area contributed by atoms with Crippen LogP contribution in [0.25, 0.3) is 11.1 Å². The minimum absolute atomic E-state index is 0.0784. The van der Waals surface area contributed by atoms with Crippen LogP contribution in [-0.2, 0) is 11.3 Å². The summed E-state index contributed by atoms with van der Waals surface area (Å²) >= 11 is 0. The van der Waals surface area contributed by atoms with E-state index in [0.29, 0.717) is 12.1 Å². The number of hydrogen-bond acceptors (Lipinski definition) is 2. The highest BCUT2D eigenvalue weighted by molar-refractivity contribution is 5.95. The Morgan fingerprint density at radius 2 is 1.70 bits per heavy atom. The van der Waals surface area contributed by atoms with E-state index in [9.17, 15) is 14.7 Å². The Morgan fingerprint density at radius 3 is 2.30 bits per heavy atom. The maximum absolute atomic E-state index is 11.2. The van der Waals surface area contributed by atoms with Gasteiger partial charge in [-0.3, -0.25) is 4.79 Å². The standard InChI is InChI=1S/C16H15NO3/c1-11(18)17-10-12-6-8-13(9-7-12)14-4-2-3-5-15(14)16(19)20/h2-9H,10H2,1H3,(H,17,18)(H,19,20). The second-order valence-electron chi connectivity index (χ2n) is 4.46. The van der Waals surface area contributed by atoms with E-state index < -0.39 is 5.97 Å². The van der Waals surface area contributed by atoms with Crippen LogP contribution in [0.1, 0.15) is 22.8 Å².